The molecule has 2 aromatic carbocycles. The third-order valence-electron chi connectivity index (χ3n) is 7.92. The molecule has 0 saturated heterocycles. The summed E-state index contributed by atoms with van der Waals surface area (Å²) in [5.74, 6) is 2.52. The summed E-state index contributed by atoms with van der Waals surface area (Å²) in [6.45, 7) is 2.80. The van der Waals surface area contributed by atoms with Crippen molar-refractivity contribution in [1.29, 1.82) is 0 Å². The Morgan fingerprint density at radius 2 is 1.89 bits per heavy atom. The molecule has 0 aromatic heterocycles. The number of hydrogen-bond donors (Lipinski definition) is 2. The molecule has 3 nitrogen and oxygen atoms in total. The van der Waals surface area contributed by atoms with Gasteiger partial charge in [0.25, 0.3) is 0 Å². The summed E-state index contributed by atoms with van der Waals surface area (Å²) < 4.78 is 6.04. The lowest BCUT2D eigenvalue weighted by atomic mass is 9.55. The molecule has 3 heteroatoms. The van der Waals surface area contributed by atoms with Crippen molar-refractivity contribution < 1.29 is 14.9 Å². The number of ether oxygens (including phenoxy) is 1. The average Bonchev–Trinajstić information content (AvgIpc) is 2.96. The van der Waals surface area contributed by atoms with Gasteiger partial charge in [-0.1, -0.05) is 43.3 Å². The lowest BCUT2D eigenvalue weighted by Crippen LogP contribution is -2.44. The third-order valence-corrected chi connectivity index (χ3v) is 7.92. The molecular weight excluding hydrogens is 348 g/mol. The fourth-order valence-corrected chi connectivity index (χ4v) is 6.38. The molecule has 3 aliphatic carbocycles. The fourth-order valence-electron chi connectivity index (χ4n) is 6.38. The first-order chi connectivity index (χ1) is 13.6. The molecule has 2 N–H and O–H groups in total. The monoisotopic (exact) mass is 378 g/mol. The van der Waals surface area contributed by atoms with E-state index in [9.17, 15) is 10.2 Å². The normalized spacial score (nSPS) is 36.3. The van der Waals surface area contributed by atoms with Crippen LogP contribution in [0.25, 0.3) is 0 Å². The maximum absolute atomic E-state index is 10.6. The highest BCUT2D eigenvalue weighted by Gasteiger charge is 2.57. The van der Waals surface area contributed by atoms with E-state index < -0.39 is 12.2 Å². The zero-order valence-electron chi connectivity index (χ0n) is 16.6. The SMILES string of the molecule is C[C@]12CC[C@H]3c4ccc(OCc5ccccc5)cc4CC[C@H]3[C@H]1C[C@H](O)[C@@H]2O. The second-order valence-corrected chi connectivity index (χ2v) is 9.34. The molecule has 0 aliphatic heterocycles. The first kappa shape index (κ1) is 18.2. The van der Waals surface area contributed by atoms with Gasteiger partial charge in [0.2, 0.25) is 0 Å². The van der Waals surface area contributed by atoms with Crippen LogP contribution >= 0.6 is 0 Å². The molecule has 6 atom stereocenters. The van der Waals surface area contributed by atoms with Crippen molar-refractivity contribution in [3.63, 3.8) is 0 Å². The maximum atomic E-state index is 10.6. The van der Waals surface area contributed by atoms with E-state index in [1.54, 1.807) is 0 Å². The van der Waals surface area contributed by atoms with E-state index in [1.165, 1.54) is 16.7 Å². The molecule has 3 aliphatic rings. The first-order valence-corrected chi connectivity index (χ1v) is 10.7. The summed E-state index contributed by atoms with van der Waals surface area (Å²) in [7, 11) is 0. The molecule has 2 fully saturated rings. The van der Waals surface area contributed by atoms with Crippen molar-refractivity contribution in [3.05, 3.63) is 65.2 Å². The third kappa shape index (κ3) is 2.87. The van der Waals surface area contributed by atoms with Crippen LogP contribution in [0.3, 0.4) is 0 Å². The van der Waals surface area contributed by atoms with Gasteiger partial charge in [0.15, 0.2) is 0 Å². The second-order valence-electron chi connectivity index (χ2n) is 9.34. The van der Waals surface area contributed by atoms with Crippen LogP contribution in [0.4, 0.5) is 0 Å². The van der Waals surface area contributed by atoms with Crippen molar-refractivity contribution in [2.45, 2.75) is 63.8 Å². The zero-order valence-corrected chi connectivity index (χ0v) is 16.6. The summed E-state index contributed by atoms with van der Waals surface area (Å²) >= 11 is 0. The van der Waals surface area contributed by atoms with E-state index in [0.717, 1.165) is 37.9 Å². The Morgan fingerprint density at radius 1 is 1.07 bits per heavy atom. The van der Waals surface area contributed by atoms with E-state index in [1.807, 2.05) is 18.2 Å². The fraction of sp³-hybridized carbons (Fsp3) is 0.520. The highest BCUT2D eigenvalue weighted by Crippen LogP contribution is 2.60. The van der Waals surface area contributed by atoms with Crippen LogP contribution in [-0.2, 0) is 13.0 Å². The Hall–Kier alpha value is -1.84. The topological polar surface area (TPSA) is 49.7 Å². The minimum absolute atomic E-state index is 0.114. The smallest absolute Gasteiger partial charge is 0.120 e. The number of fused-ring (bicyclic) bond motifs is 5. The van der Waals surface area contributed by atoms with Crippen LogP contribution in [-0.4, -0.2) is 22.4 Å². The van der Waals surface area contributed by atoms with Crippen molar-refractivity contribution in [1.82, 2.24) is 0 Å². The standard InChI is InChI=1S/C25H30O3/c1-25-12-11-20-19-10-8-18(28-15-16-5-3-2-4-6-16)13-17(19)7-9-21(20)22(25)14-23(26)24(25)27/h2-6,8,10,13,20-24,26-27H,7,9,11-12,14-15H2,1H3/t20-,21+,22+,23-,24-,25-/m0/s1. The second kappa shape index (κ2) is 6.89. The average molecular weight is 379 g/mol. The Bertz CT molecular complexity index is 848. The van der Waals surface area contributed by atoms with Crippen LogP contribution in [0.5, 0.6) is 5.75 Å². The van der Waals surface area contributed by atoms with E-state index in [4.69, 9.17) is 4.74 Å². The highest BCUT2D eigenvalue weighted by molar-refractivity contribution is 5.41. The van der Waals surface area contributed by atoms with E-state index in [2.05, 4.69) is 37.3 Å². The van der Waals surface area contributed by atoms with E-state index in [0.29, 0.717) is 24.4 Å². The van der Waals surface area contributed by atoms with Crippen LogP contribution in [0.1, 0.15) is 55.2 Å². The lowest BCUT2D eigenvalue weighted by Gasteiger charge is -2.49. The van der Waals surface area contributed by atoms with Crippen LogP contribution in [0.2, 0.25) is 0 Å². The Balaban J connectivity index is 1.35. The van der Waals surface area contributed by atoms with Crippen molar-refractivity contribution in [2.75, 3.05) is 0 Å². The highest BCUT2D eigenvalue weighted by atomic mass is 16.5. The van der Waals surface area contributed by atoms with Crippen molar-refractivity contribution in [3.8, 4) is 5.75 Å². The minimum atomic E-state index is -0.561. The molecule has 148 valence electrons. The van der Waals surface area contributed by atoms with Crippen LogP contribution in [0.15, 0.2) is 48.5 Å². The van der Waals surface area contributed by atoms with Gasteiger partial charge in [-0.25, -0.2) is 0 Å². The molecule has 0 bridgehead atoms. The summed E-state index contributed by atoms with van der Waals surface area (Å²) in [6, 6.07) is 16.9. The molecule has 2 aromatic rings. The summed E-state index contributed by atoms with van der Waals surface area (Å²) in [4.78, 5) is 0. The Labute approximate surface area is 167 Å². The number of aliphatic hydroxyl groups excluding tert-OH is 2. The molecule has 0 amide bonds. The van der Waals surface area contributed by atoms with Crippen LogP contribution < -0.4 is 4.74 Å². The number of rotatable bonds is 3. The molecule has 0 spiro atoms. The number of hydrogen-bond acceptors (Lipinski definition) is 3. The number of aliphatic hydroxyl groups is 2. The Kier molecular flexibility index (Phi) is 4.48. The lowest BCUT2D eigenvalue weighted by molar-refractivity contribution is -0.0505. The molecule has 28 heavy (non-hydrogen) atoms. The molecule has 5 rings (SSSR count). The summed E-state index contributed by atoms with van der Waals surface area (Å²) in [5, 5.41) is 20.9. The zero-order chi connectivity index (χ0) is 19.3. The van der Waals surface area contributed by atoms with Gasteiger partial charge < -0.3 is 14.9 Å². The van der Waals surface area contributed by atoms with Crippen molar-refractivity contribution >= 4 is 0 Å². The van der Waals surface area contributed by atoms with Crippen molar-refractivity contribution in [2.24, 2.45) is 17.3 Å². The molecule has 0 radical (unpaired) electrons. The van der Waals surface area contributed by atoms with Gasteiger partial charge in [0, 0.05) is 0 Å². The maximum Gasteiger partial charge on any atom is 0.120 e. The predicted octanol–water partition coefficient (Wildman–Crippen LogP) is 4.45. The summed E-state index contributed by atoms with van der Waals surface area (Å²) in [6.07, 6.45) is 3.98. The Morgan fingerprint density at radius 3 is 2.71 bits per heavy atom. The number of benzene rings is 2. The summed E-state index contributed by atoms with van der Waals surface area (Å²) in [5.41, 5.74) is 3.97. The van der Waals surface area contributed by atoms with Gasteiger partial charge in [-0.3, -0.25) is 0 Å². The molecule has 2 saturated carbocycles. The van der Waals surface area contributed by atoms with Gasteiger partial charge in [0.05, 0.1) is 12.2 Å². The van der Waals surface area contributed by atoms with Gasteiger partial charge in [0.1, 0.15) is 12.4 Å². The van der Waals surface area contributed by atoms with E-state index in [-0.39, 0.29) is 5.41 Å². The van der Waals surface area contributed by atoms with E-state index >= 15 is 0 Å². The van der Waals surface area contributed by atoms with Gasteiger partial charge in [-0.15, -0.1) is 0 Å². The molecule has 0 unspecified atom stereocenters. The molecule has 0 heterocycles. The molecular formula is C25H30O3. The van der Waals surface area contributed by atoms with Crippen LogP contribution in [0, 0.1) is 17.3 Å². The quantitative estimate of drug-likeness (QED) is 0.829. The largest absolute Gasteiger partial charge is 0.489 e. The minimum Gasteiger partial charge on any atom is -0.489 e. The van der Waals surface area contributed by atoms with Gasteiger partial charge in [-0.05, 0) is 84.1 Å². The van der Waals surface area contributed by atoms with Gasteiger partial charge in [-0.2, -0.15) is 0 Å². The first-order valence-electron chi connectivity index (χ1n) is 10.7. The predicted molar refractivity (Wildman–Crippen MR) is 109 cm³/mol. The van der Waals surface area contributed by atoms with Gasteiger partial charge >= 0.3 is 0 Å². The number of aryl methyl sites for hydroxylation is 1.